The molecule has 0 saturated carbocycles. The molecule has 0 aliphatic rings. The van der Waals surface area contributed by atoms with E-state index in [1.807, 2.05) is 6.92 Å². The number of benzene rings is 1. The summed E-state index contributed by atoms with van der Waals surface area (Å²) in [5.74, 6) is -1.85. The molecular weight excluding hydrogens is 289 g/mol. The van der Waals surface area contributed by atoms with Crippen LogP contribution in [0.15, 0.2) is 18.2 Å². The van der Waals surface area contributed by atoms with Crippen molar-refractivity contribution in [2.75, 3.05) is 0 Å². The molecule has 0 bridgehead atoms. The van der Waals surface area contributed by atoms with Crippen molar-refractivity contribution in [3.05, 3.63) is 33.8 Å². The first-order valence-electron chi connectivity index (χ1n) is 5.86. The van der Waals surface area contributed by atoms with Gasteiger partial charge in [-0.2, -0.15) is 0 Å². The van der Waals surface area contributed by atoms with Gasteiger partial charge in [-0.15, -0.1) is 0 Å². The van der Waals surface area contributed by atoms with E-state index in [1.165, 1.54) is 12.1 Å². The van der Waals surface area contributed by atoms with E-state index >= 15 is 0 Å². The van der Waals surface area contributed by atoms with Crippen LogP contribution in [-0.2, 0) is 4.79 Å². The number of halogens is 2. The first-order valence-corrected chi connectivity index (χ1v) is 6.61. The normalized spacial score (nSPS) is 13.7. The number of carboxylic acid groups (broad SMARTS) is 1. The fourth-order valence-corrected chi connectivity index (χ4v) is 2.18. The fraction of sp³-hybridized carbons (Fsp3) is 0.385. The summed E-state index contributed by atoms with van der Waals surface area (Å²) in [7, 11) is 0. The Morgan fingerprint density at radius 3 is 2.26 bits per heavy atom. The predicted octanol–water partition coefficient (Wildman–Crippen LogP) is 3.22. The second-order valence-corrected chi connectivity index (χ2v) is 5.09. The van der Waals surface area contributed by atoms with Crippen molar-refractivity contribution in [3.8, 4) is 0 Å². The van der Waals surface area contributed by atoms with Gasteiger partial charge in [0.1, 0.15) is 6.04 Å². The van der Waals surface area contributed by atoms with Crippen LogP contribution in [0.25, 0.3) is 0 Å². The van der Waals surface area contributed by atoms with E-state index in [-0.39, 0.29) is 21.5 Å². The van der Waals surface area contributed by atoms with Crippen molar-refractivity contribution in [1.82, 2.24) is 5.32 Å². The molecule has 0 unspecified atom stereocenters. The Hall–Kier alpha value is -1.26. The quantitative estimate of drug-likeness (QED) is 0.877. The van der Waals surface area contributed by atoms with Gasteiger partial charge in [0, 0.05) is 0 Å². The lowest BCUT2D eigenvalue weighted by atomic mass is 9.99. The molecule has 0 fully saturated rings. The molecule has 1 rings (SSSR count). The van der Waals surface area contributed by atoms with Crippen molar-refractivity contribution in [2.45, 2.75) is 26.3 Å². The Balaban J connectivity index is 2.98. The van der Waals surface area contributed by atoms with Gasteiger partial charge in [-0.1, -0.05) is 49.5 Å². The lowest BCUT2D eigenvalue weighted by Crippen LogP contribution is -2.45. The molecule has 0 aliphatic heterocycles. The molecule has 6 heteroatoms. The Morgan fingerprint density at radius 2 is 1.84 bits per heavy atom. The Kier molecular flexibility index (Phi) is 5.63. The zero-order chi connectivity index (χ0) is 14.6. The number of hydrogen-bond donors (Lipinski definition) is 2. The Labute approximate surface area is 121 Å². The summed E-state index contributed by atoms with van der Waals surface area (Å²) in [4.78, 5) is 23.2. The van der Waals surface area contributed by atoms with Gasteiger partial charge in [0.25, 0.3) is 5.91 Å². The van der Waals surface area contributed by atoms with E-state index in [0.29, 0.717) is 6.42 Å². The summed E-state index contributed by atoms with van der Waals surface area (Å²) < 4.78 is 0. The average molecular weight is 304 g/mol. The van der Waals surface area contributed by atoms with Crippen molar-refractivity contribution in [1.29, 1.82) is 0 Å². The first-order chi connectivity index (χ1) is 8.88. The number of carboxylic acids is 1. The largest absolute Gasteiger partial charge is 0.480 e. The van der Waals surface area contributed by atoms with E-state index in [0.717, 1.165) is 0 Å². The molecule has 1 aromatic carbocycles. The van der Waals surface area contributed by atoms with Crippen LogP contribution in [0, 0.1) is 5.92 Å². The predicted molar refractivity (Wildman–Crippen MR) is 74.8 cm³/mol. The fourth-order valence-electron chi connectivity index (χ4n) is 1.61. The second kappa shape index (κ2) is 6.78. The molecule has 0 radical (unpaired) electrons. The van der Waals surface area contributed by atoms with Crippen molar-refractivity contribution >= 4 is 35.1 Å². The minimum atomic E-state index is -1.08. The van der Waals surface area contributed by atoms with E-state index in [9.17, 15) is 9.59 Å². The SMILES string of the molecule is CC[C@H](C)[C@H](NC(=O)c1c(Cl)cccc1Cl)C(=O)O. The maximum absolute atomic E-state index is 12.1. The molecule has 0 saturated heterocycles. The molecule has 2 N–H and O–H groups in total. The van der Waals surface area contributed by atoms with Crippen LogP contribution in [-0.4, -0.2) is 23.0 Å². The highest BCUT2D eigenvalue weighted by molar-refractivity contribution is 6.39. The summed E-state index contributed by atoms with van der Waals surface area (Å²) in [5.41, 5.74) is 0.0976. The van der Waals surface area contributed by atoms with E-state index in [2.05, 4.69) is 5.32 Å². The van der Waals surface area contributed by atoms with Gasteiger partial charge >= 0.3 is 5.97 Å². The molecule has 1 aromatic rings. The third-order valence-electron chi connectivity index (χ3n) is 2.96. The number of amides is 1. The highest BCUT2D eigenvalue weighted by Crippen LogP contribution is 2.24. The summed E-state index contributed by atoms with van der Waals surface area (Å²) in [5, 5.41) is 12.0. The molecule has 0 heterocycles. The standard InChI is InChI=1S/C13H15Cl2NO3/c1-3-7(2)11(13(18)19)16-12(17)10-8(14)5-4-6-9(10)15/h4-7,11H,3H2,1-2H3,(H,16,17)(H,18,19)/t7-,11-/m0/s1. The third-order valence-corrected chi connectivity index (χ3v) is 3.59. The van der Waals surface area contributed by atoms with Crippen LogP contribution in [0.4, 0.5) is 0 Å². The molecule has 0 spiro atoms. The summed E-state index contributed by atoms with van der Waals surface area (Å²) in [6.45, 7) is 3.61. The Bertz CT molecular complexity index is 471. The molecule has 1 amide bonds. The number of aliphatic carboxylic acids is 1. The van der Waals surface area contributed by atoms with Crippen LogP contribution in [0.2, 0.25) is 10.0 Å². The van der Waals surface area contributed by atoms with Gasteiger partial charge in [-0.05, 0) is 18.1 Å². The van der Waals surface area contributed by atoms with Gasteiger partial charge in [0.05, 0.1) is 15.6 Å². The monoisotopic (exact) mass is 303 g/mol. The zero-order valence-corrected chi connectivity index (χ0v) is 12.1. The highest BCUT2D eigenvalue weighted by Gasteiger charge is 2.27. The van der Waals surface area contributed by atoms with E-state index < -0.39 is 17.9 Å². The van der Waals surface area contributed by atoms with Gasteiger partial charge in [0.2, 0.25) is 0 Å². The van der Waals surface area contributed by atoms with Crippen molar-refractivity contribution in [2.24, 2.45) is 5.92 Å². The molecular formula is C13H15Cl2NO3. The first kappa shape index (κ1) is 15.8. The molecule has 19 heavy (non-hydrogen) atoms. The zero-order valence-electron chi connectivity index (χ0n) is 10.6. The van der Waals surface area contributed by atoms with Crippen molar-refractivity contribution < 1.29 is 14.7 Å². The summed E-state index contributed by atoms with van der Waals surface area (Å²) in [6.07, 6.45) is 0.632. The molecule has 0 aromatic heterocycles. The minimum absolute atomic E-state index is 0.0976. The van der Waals surface area contributed by atoms with E-state index in [4.69, 9.17) is 28.3 Å². The highest BCUT2D eigenvalue weighted by atomic mass is 35.5. The smallest absolute Gasteiger partial charge is 0.326 e. The molecule has 0 aliphatic carbocycles. The van der Waals surface area contributed by atoms with Gasteiger partial charge in [0.15, 0.2) is 0 Å². The lowest BCUT2D eigenvalue weighted by molar-refractivity contribution is -0.140. The third kappa shape index (κ3) is 3.85. The number of carbonyl (C=O) groups is 2. The Morgan fingerprint density at radius 1 is 1.32 bits per heavy atom. The van der Waals surface area contributed by atoms with Gasteiger partial charge in [-0.3, -0.25) is 4.79 Å². The molecule has 104 valence electrons. The van der Waals surface area contributed by atoms with Crippen molar-refractivity contribution in [3.63, 3.8) is 0 Å². The maximum Gasteiger partial charge on any atom is 0.326 e. The second-order valence-electron chi connectivity index (χ2n) is 4.27. The lowest BCUT2D eigenvalue weighted by Gasteiger charge is -2.20. The summed E-state index contributed by atoms with van der Waals surface area (Å²) >= 11 is 11.8. The van der Waals surface area contributed by atoms with E-state index in [1.54, 1.807) is 13.0 Å². The topological polar surface area (TPSA) is 66.4 Å². The molecule has 4 nitrogen and oxygen atoms in total. The van der Waals surface area contributed by atoms with Crippen LogP contribution in [0.5, 0.6) is 0 Å². The molecule has 2 atom stereocenters. The van der Waals surface area contributed by atoms with Crippen LogP contribution < -0.4 is 5.32 Å². The average Bonchev–Trinajstić information content (AvgIpc) is 2.34. The summed E-state index contributed by atoms with van der Waals surface area (Å²) in [6, 6.07) is 3.71. The number of hydrogen-bond acceptors (Lipinski definition) is 2. The number of carbonyl (C=O) groups excluding carboxylic acids is 1. The number of rotatable bonds is 5. The van der Waals surface area contributed by atoms with Crippen LogP contribution in [0.3, 0.4) is 0 Å². The van der Waals surface area contributed by atoms with Gasteiger partial charge in [-0.25, -0.2) is 4.79 Å². The number of nitrogens with one attached hydrogen (secondary N) is 1. The maximum atomic E-state index is 12.1. The minimum Gasteiger partial charge on any atom is -0.480 e. The van der Waals surface area contributed by atoms with Gasteiger partial charge < -0.3 is 10.4 Å². The van der Waals surface area contributed by atoms with Crippen LogP contribution in [0.1, 0.15) is 30.6 Å². The van der Waals surface area contributed by atoms with Crippen LogP contribution >= 0.6 is 23.2 Å².